The molecule has 0 saturated carbocycles. The van der Waals surface area contributed by atoms with Crippen molar-refractivity contribution < 1.29 is 19.0 Å². The number of esters is 1. The van der Waals surface area contributed by atoms with Gasteiger partial charge in [0.25, 0.3) is 0 Å². The van der Waals surface area contributed by atoms with Crippen LogP contribution >= 0.6 is 0 Å². The summed E-state index contributed by atoms with van der Waals surface area (Å²) in [7, 11) is 1.81. The van der Waals surface area contributed by atoms with Crippen LogP contribution in [0.1, 0.15) is 233 Å². The largest absolute Gasteiger partial charge is 0.495 e. The lowest BCUT2D eigenvalue weighted by Crippen LogP contribution is -2.29. The highest BCUT2D eigenvalue weighted by Crippen LogP contribution is 2.21. The minimum absolute atomic E-state index is 0.00349. The van der Waals surface area contributed by atoms with E-state index in [1.54, 1.807) is 7.11 Å². The fraction of sp³-hybridized carbons (Fsp3) is 0.935. The quantitative estimate of drug-likeness (QED) is 0.0356. The standard InChI is InChI=1S/C46H91NO4/c1-6-9-12-15-18-27-34-42-50-46(48)38-31-24-20-26-33-40-47(41-43-49-5)39-32-25-19-21-28-35-44(4)51-45(36-29-22-16-13-10-7-2)37-30-23-17-14-11-8-3/h45H,4,6-43H2,1-3,5H3. The highest BCUT2D eigenvalue weighted by Gasteiger charge is 2.12. The Kier molecular flexibility index (Phi) is 40.8. The molecule has 0 atom stereocenters. The average molecular weight is 722 g/mol. The van der Waals surface area contributed by atoms with E-state index in [1.165, 1.54) is 186 Å². The second-order valence-electron chi connectivity index (χ2n) is 15.6. The predicted molar refractivity (Wildman–Crippen MR) is 223 cm³/mol. The van der Waals surface area contributed by atoms with Crippen molar-refractivity contribution in [3.63, 3.8) is 0 Å². The van der Waals surface area contributed by atoms with Gasteiger partial charge in [-0.05, 0) is 70.9 Å². The summed E-state index contributed by atoms with van der Waals surface area (Å²) in [5.74, 6) is 1.03. The molecule has 0 radical (unpaired) electrons. The SMILES string of the molecule is C=C(CCCCCCCN(CCCCCCCC(=O)OCCCCCCCCC)CCOC)OC(CCCCCCCC)CCCCCCCC. The van der Waals surface area contributed by atoms with Crippen molar-refractivity contribution >= 4 is 5.97 Å². The van der Waals surface area contributed by atoms with E-state index in [1.807, 2.05) is 0 Å². The molecule has 0 saturated heterocycles. The van der Waals surface area contributed by atoms with Gasteiger partial charge in [0.2, 0.25) is 0 Å². The molecule has 0 amide bonds. The Labute approximate surface area is 320 Å². The van der Waals surface area contributed by atoms with Crippen LogP contribution in [0.3, 0.4) is 0 Å². The Balaban J connectivity index is 4.02. The maximum Gasteiger partial charge on any atom is 0.305 e. The van der Waals surface area contributed by atoms with Crippen LogP contribution in [0.25, 0.3) is 0 Å². The molecule has 0 aromatic rings. The van der Waals surface area contributed by atoms with E-state index >= 15 is 0 Å². The summed E-state index contributed by atoms with van der Waals surface area (Å²) < 4.78 is 17.3. The Hall–Kier alpha value is -1.07. The third-order valence-electron chi connectivity index (χ3n) is 10.5. The lowest BCUT2D eigenvalue weighted by molar-refractivity contribution is -0.143. The van der Waals surface area contributed by atoms with E-state index in [2.05, 4.69) is 32.3 Å². The van der Waals surface area contributed by atoms with Gasteiger partial charge in [-0.15, -0.1) is 0 Å². The van der Waals surface area contributed by atoms with E-state index < -0.39 is 0 Å². The Bertz CT molecular complexity index is 697. The van der Waals surface area contributed by atoms with Gasteiger partial charge >= 0.3 is 5.97 Å². The number of ether oxygens (including phenoxy) is 3. The fourth-order valence-electron chi connectivity index (χ4n) is 7.06. The lowest BCUT2D eigenvalue weighted by Gasteiger charge is -2.22. The summed E-state index contributed by atoms with van der Waals surface area (Å²) in [5.41, 5.74) is 0. The van der Waals surface area contributed by atoms with Crippen molar-refractivity contribution in [3.05, 3.63) is 12.3 Å². The van der Waals surface area contributed by atoms with Crippen LogP contribution < -0.4 is 0 Å². The van der Waals surface area contributed by atoms with Crippen LogP contribution in [0.4, 0.5) is 0 Å². The van der Waals surface area contributed by atoms with Crippen LogP contribution in [0.5, 0.6) is 0 Å². The van der Waals surface area contributed by atoms with Crippen molar-refractivity contribution in [2.45, 2.75) is 239 Å². The third kappa shape index (κ3) is 38.5. The number of allylic oxidation sites excluding steroid dienone is 1. The molecule has 51 heavy (non-hydrogen) atoms. The second-order valence-corrected chi connectivity index (χ2v) is 15.6. The van der Waals surface area contributed by atoms with Crippen molar-refractivity contribution in [2.75, 3.05) is 40.0 Å². The van der Waals surface area contributed by atoms with Crippen molar-refractivity contribution in [3.8, 4) is 0 Å². The van der Waals surface area contributed by atoms with Crippen molar-refractivity contribution in [1.29, 1.82) is 0 Å². The molecule has 0 heterocycles. The average Bonchev–Trinajstić information content (AvgIpc) is 3.13. The van der Waals surface area contributed by atoms with Crippen LogP contribution in [0.2, 0.25) is 0 Å². The third-order valence-corrected chi connectivity index (χ3v) is 10.5. The van der Waals surface area contributed by atoms with Crippen molar-refractivity contribution in [1.82, 2.24) is 4.90 Å². The number of carbonyl (C=O) groups is 1. The maximum absolute atomic E-state index is 12.0. The number of rotatable bonds is 43. The molecule has 0 aromatic heterocycles. The summed E-state index contributed by atoms with van der Waals surface area (Å²) in [6.07, 6.45) is 41.5. The summed E-state index contributed by atoms with van der Waals surface area (Å²) in [6.45, 7) is 15.9. The summed E-state index contributed by atoms with van der Waals surface area (Å²) in [5, 5.41) is 0. The smallest absolute Gasteiger partial charge is 0.305 e. The Morgan fingerprint density at radius 2 is 0.902 bits per heavy atom. The van der Waals surface area contributed by atoms with Gasteiger partial charge in [0, 0.05) is 26.5 Å². The van der Waals surface area contributed by atoms with E-state index in [0.29, 0.717) is 19.1 Å². The number of hydrogen-bond donors (Lipinski definition) is 0. The zero-order chi connectivity index (χ0) is 37.3. The van der Waals surface area contributed by atoms with Crippen LogP contribution in [-0.4, -0.2) is 56.9 Å². The Morgan fingerprint density at radius 1 is 0.490 bits per heavy atom. The van der Waals surface area contributed by atoms with Crippen molar-refractivity contribution in [2.24, 2.45) is 0 Å². The van der Waals surface area contributed by atoms with Crippen LogP contribution in [-0.2, 0) is 19.0 Å². The van der Waals surface area contributed by atoms with Gasteiger partial charge in [0.15, 0.2) is 0 Å². The molecule has 5 nitrogen and oxygen atoms in total. The number of carbonyl (C=O) groups excluding carboxylic acids is 1. The fourth-order valence-corrected chi connectivity index (χ4v) is 7.06. The molecular weight excluding hydrogens is 631 g/mol. The zero-order valence-corrected chi connectivity index (χ0v) is 35.2. The van der Waals surface area contributed by atoms with Gasteiger partial charge in [-0.2, -0.15) is 0 Å². The molecule has 0 aliphatic rings. The number of methoxy groups -OCH3 is 1. The molecule has 0 aromatic carbocycles. The van der Waals surface area contributed by atoms with Gasteiger partial charge in [0.1, 0.15) is 0 Å². The van der Waals surface area contributed by atoms with Crippen LogP contribution in [0.15, 0.2) is 12.3 Å². The molecule has 0 aliphatic carbocycles. The van der Waals surface area contributed by atoms with Gasteiger partial charge < -0.3 is 19.1 Å². The first kappa shape index (κ1) is 49.9. The molecule has 0 aliphatic heterocycles. The van der Waals surface area contributed by atoms with E-state index in [9.17, 15) is 4.79 Å². The molecule has 0 bridgehead atoms. The van der Waals surface area contributed by atoms with Gasteiger partial charge in [0.05, 0.1) is 25.1 Å². The van der Waals surface area contributed by atoms with E-state index in [4.69, 9.17) is 14.2 Å². The number of nitrogens with zero attached hydrogens (tertiary/aromatic N) is 1. The molecule has 5 heteroatoms. The van der Waals surface area contributed by atoms with E-state index in [-0.39, 0.29) is 5.97 Å². The molecule has 0 N–H and O–H groups in total. The summed E-state index contributed by atoms with van der Waals surface area (Å²) in [4.78, 5) is 14.6. The maximum atomic E-state index is 12.0. The lowest BCUT2D eigenvalue weighted by atomic mass is 10.0. The minimum atomic E-state index is -0.00349. The molecule has 0 rings (SSSR count). The molecular formula is C46H91NO4. The minimum Gasteiger partial charge on any atom is -0.495 e. The van der Waals surface area contributed by atoms with Gasteiger partial charge in [-0.3, -0.25) is 4.79 Å². The number of unbranched alkanes of at least 4 members (excludes halogenated alkanes) is 24. The number of hydrogen-bond acceptors (Lipinski definition) is 5. The monoisotopic (exact) mass is 722 g/mol. The van der Waals surface area contributed by atoms with E-state index in [0.717, 1.165) is 51.1 Å². The van der Waals surface area contributed by atoms with Crippen LogP contribution in [0, 0.1) is 0 Å². The normalized spacial score (nSPS) is 11.6. The van der Waals surface area contributed by atoms with Gasteiger partial charge in [-0.25, -0.2) is 0 Å². The Morgan fingerprint density at radius 3 is 1.39 bits per heavy atom. The highest BCUT2D eigenvalue weighted by molar-refractivity contribution is 5.69. The first-order chi connectivity index (χ1) is 25.1. The summed E-state index contributed by atoms with van der Waals surface area (Å²) >= 11 is 0. The molecule has 0 fully saturated rings. The second kappa shape index (κ2) is 41.7. The zero-order valence-electron chi connectivity index (χ0n) is 35.2. The topological polar surface area (TPSA) is 48.0 Å². The molecule has 0 spiro atoms. The first-order valence-corrected chi connectivity index (χ1v) is 22.8. The predicted octanol–water partition coefficient (Wildman–Crippen LogP) is 14.3. The highest BCUT2D eigenvalue weighted by atomic mass is 16.5. The first-order valence-electron chi connectivity index (χ1n) is 22.8. The molecule has 0 unspecified atom stereocenters. The summed E-state index contributed by atoms with van der Waals surface area (Å²) in [6, 6.07) is 0. The van der Waals surface area contributed by atoms with Gasteiger partial charge in [-0.1, -0.05) is 169 Å². The molecule has 304 valence electrons.